The summed E-state index contributed by atoms with van der Waals surface area (Å²) in [5, 5.41) is 24.9. The summed E-state index contributed by atoms with van der Waals surface area (Å²) in [6.45, 7) is 1.62. The van der Waals surface area contributed by atoms with E-state index >= 15 is 0 Å². The molecule has 182 valence electrons. The number of hydrogen-bond donors (Lipinski definition) is 9. The monoisotopic (exact) mass is 477 g/mol. The van der Waals surface area contributed by atoms with Crippen molar-refractivity contribution in [1.29, 1.82) is 0 Å². The average molecular weight is 478 g/mol. The number of carbonyl (C=O) groups is 5. The number of thiol groups is 1. The molecule has 0 aromatic carbocycles. The van der Waals surface area contributed by atoms with Crippen molar-refractivity contribution < 1.29 is 34.2 Å². The van der Waals surface area contributed by atoms with Crippen LogP contribution in [0, 0.1) is 0 Å². The Morgan fingerprint density at radius 2 is 1.44 bits per heavy atom. The van der Waals surface area contributed by atoms with E-state index in [2.05, 4.69) is 33.6 Å². The molecule has 0 radical (unpaired) electrons. The van der Waals surface area contributed by atoms with Gasteiger partial charge in [0.05, 0.1) is 6.04 Å². The summed E-state index contributed by atoms with van der Waals surface area (Å²) in [5.41, 5.74) is 16.0. The number of rotatable bonds is 15. The number of carboxylic acids is 2. The number of nitrogens with two attached hydrogens (primary N) is 3. The van der Waals surface area contributed by atoms with Crippen molar-refractivity contribution in [2.75, 3.05) is 12.3 Å². The van der Waals surface area contributed by atoms with Gasteiger partial charge in [-0.2, -0.15) is 12.6 Å². The Morgan fingerprint density at radius 1 is 0.906 bits per heavy atom. The van der Waals surface area contributed by atoms with Crippen LogP contribution in [0.25, 0.3) is 0 Å². The molecule has 0 heterocycles. The minimum atomic E-state index is -1.47. The summed E-state index contributed by atoms with van der Waals surface area (Å²) in [5.74, 6) is -5.17. The van der Waals surface area contributed by atoms with E-state index in [4.69, 9.17) is 27.4 Å². The molecule has 0 aliphatic rings. The largest absolute Gasteiger partial charge is 0.481 e. The molecule has 4 unspecified atom stereocenters. The zero-order valence-electron chi connectivity index (χ0n) is 17.6. The predicted molar refractivity (Wildman–Crippen MR) is 118 cm³/mol. The maximum absolute atomic E-state index is 12.7. The number of guanidine groups is 1. The fourth-order valence-electron chi connectivity index (χ4n) is 2.34. The molecule has 0 aromatic heterocycles. The summed E-state index contributed by atoms with van der Waals surface area (Å²) in [6, 6.07) is -4.67. The molecule has 0 aliphatic carbocycles. The number of aliphatic carboxylic acids is 2. The first-order valence-corrected chi connectivity index (χ1v) is 10.3. The highest BCUT2D eigenvalue weighted by Crippen LogP contribution is 2.03. The van der Waals surface area contributed by atoms with Crippen molar-refractivity contribution in [3.05, 3.63) is 0 Å². The van der Waals surface area contributed by atoms with Crippen molar-refractivity contribution in [3.8, 4) is 0 Å². The molecular weight excluding hydrogens is 446 g/mol. The number of aliphatic imine (C=N–C) groups is 1. The van der Waals surface area contributed by atoms with Gasteiger partial charge < -0.3 is 43.4 Å². The second-order valence-electron chi connectivity index (χ2n) is 6.87. The van der Waals surface area contributed by atoms with Crippen molar-refractivity contribution in [3.63, 3.8) is 0 Å². The SMILES string of the molecule is CC(N)C(=O)NC(CCCN=C(N)N)C(=O)NC(CS)C(=O)NC(CCC(=O)O)C(=O)O. The lowest BCUT2D eigenvalue weighted by molar-refractivity contribution is -0.143. The third-order valence-electron chi connectivity index (χ3n) is 4.07. The summed E-state index contributed by atoms with van der Waals surface area (Å²) < 4.78 is 0. The van der Waals surface area contributed by atoms with Crippen LogP contribution in [0.5, 0.6) is 0 Å². The first kappa shape index (κ1) is 28.9. The summed E-state index contributed by atoms with van der Waals surface area (Å²) in [6.07, 6.45) is -0.376. The van der Waals surface area contributed by atoms with Gasteiger partial charge in [-0.15, -0.1) is 0 Å². The van der Waals surface area contributed by atoms with Crippen molar-refractivity contribution in [2.45, 2.75) is 56.8 Å². The Labute approximate surface area is 190 Å². The molecule has 0 rings (SSSR count). The van der Waals surface area contributed by atoms with Crippen LogP contribution in [-0.2, 0) is 24.0 Å². The molecule has 0 saturated carbocycles. The lowest BCUT2D eigenvalue weighted by Gasteiger charge is -2.24. The van der Waals surface area contributed by atoms with Crippen LogP contribution in [0.1, 0.15) is 32.6 Å². The van der Waals surface area contributed by atoms with E-state index in [0.29, 0.717) is 6.42 Å². The third kappa shape index (κ3) is 11.9. The fraction of sp³-hybridized carbons (Fsp3) is 0.647. The second kappa shape index (κ2) is 14.9. The molecule has 3 amide bonds. The number of carboxylic acid groups (broad SMARTS) is 2. The van der Waals surface area contributed by atoms with Crippen LogP contribution in [-0.4, -0.2) is 82.3 Å². The quantitative estimate of drug-likeness (QED) is 0.0492. The molecule has 0 bridgehead atoms. The van der Waals surface area contributed by atoms with Gasteiger partial charge in [-0.3, -0.25) is 24.2 Å². The van der Waals surface area contributed by atoms with Gasteiger partial charge in [-0.05, 0) is 26.2 Å². The van der Waals surface area contributed by atoms with Crippen LogP contribution in [0.4, 0.5) is 0 Å². The van der Waals surface area contributed by atoms with Gasteiger partial charge in [0.2, 0.25) is 17.7 Å². The third-order valence-corrected chi connectivity index (χ3v) is 4.43. The van der Waals surface area contributed by atoms with Gasteiger partial charge in [-0.1, -0.05) is 0 Å². The van der Waals surface area contributed by atoms with E-state index < -0.39 is 60.2 Å². The number of nitrogens with one attached hydrogen (secondary N) is 3. The van der Waals surface area contributed by atoms with E-state index in [9.17, 15) is 24.0 Å². The fourth-order valence-corrected chi connectivity index (χ4v) is 2.60. The topological polar surface area (TPSA) is 252 Å². The van der Waals surface area contributed by atoms with Gasteiger partial charge in [0, 0.05) is 18.7 Å². The Kier molecular flexibility index (Phi) is 13.4. The normalized spacial score (nSPS) is 14.2. The lowest BCUT2D eigenvalue weighted by Crippen LogP contribution is -2.57. The highest BCUT2D eigenvalue weighted by Gasteiger charge is 2.29. The molecule has 32 heavy (non-hydrogen) atoms. The molecule has 4 atom stereocenters. The van der Waals surface area contributed by atoms with E-state index in [0.717, 1.165) is 0 Å². The molecule has 0 fully saturated rings. The zero-order chi connectivity index (χ0) is 24.8. The minimum absolute atomic E-state index is 0.123. The Balaban J connectivity index is 5.20. The van der Waals surface area contributed by atoms with Gasteiger partial charge in [0.15, 0.2) is 5.96 Å². The summed E-state index contributed by atoms with van der Waals surface area (Å²) >= 11 is 4.00. The first-order chi connectivity index (χ1) is 14.9. The van der Waals surface area contributed by atoms with Crippen molar-refractivity contribution >= 4 is 48.2 Å². The van der Waals surface area contributed by atoms with Gasteiger partial charge >= 0.3 is 11.9 Å². The van der Waals surface area contributed by atoms with Gasteiger partial charge in [-0.25, -0.2) is 4.79 Å². The molecule has 0 aromatic rings. The molecule has 15 heteroatoms. The van der Waals surface area contributed by atoms with E-state index in [1.165, 1.54) is 6.92 Å². The van der Waals surface area contributed by atoms with Gasteiger partial charge in [0.25, 0.3) is 0 Å². The standard InChI is InChI=1S/C17H31N7O7S/c1-8(18)13(27)22-9(3-2-6-21-17(19)20)14(28)24-11(7-32)15(29)23-10(16(30)31)4-5-12(25)26/h8-11,32H,2-7,18H2,1H3,(H,22,27)(H,23,29)(H,24,28)(H,25,26)(H,30,31)(H4,19,20,21). The molecule has 0 spiro atoms. The van der Waals surface area contributed by atoms with Crippen LogP contribution in [0.2, 0.25) is 0 Å². The lowest BCUT2D eigenvalue weighted by atomic mass is 10.1. The van der Waals surface area contributed by atoms with Crippen LogP contribution in [0.3, 0.4) is 0 Å². The number of carbonyl (C=O) groups excluding carboxylic acids is 3. The number of nitrogens with zero attached hydrogens (tertiary/aromatic N) is 1. The van der Waals surface area contributed by atoms with E-state index in [1.807, 2.05) is 0 Å². The molecule has 0 aliphatic heterocycles. The molecule has 14 nitrogen and oxygen atoms in total. The predicted octanol–water partition coefficient (Wildman–Crippen LogP) is -3.28. The highest BCUT2D eigenvalue weighted by molar-refractivity contribution is 7.80. The van der Waals surface area contributed by atoms with Crippen LogP contribution >= 0.6 is 12.6 Å². The number of hydrogen-bond acceptors (Lipinski definition) is 8. The average Bonchev–Trinajstić information content (AvgIpc) is 2.70. The van der Waals surface area contributed by atoms with Crippen molar-refractivity contribution in [1.82, 2.24) is 16.0 Å². The summed E-state index contributed by atoms with van der Waals surface area (Å²) in [4.78, 5) is 62.8. The maximum atomic E-state index is 12.7. The molecular formula is C17H31N7O7S. The zero-order valence-corrected chi connectivity index (χ0v) is 18.5. The van der Waals surface area contributed by atoms with Crippen LogP contribution < -0.4 is 33.2 Å². The number of amides is 3. The second-order valence-corrected chi connectivity index (χ2v) is 7.24. The summed E-state index contributed by atoms with van der Waals surface area (Å²) in [7, 11) is 0. The molecule has 11 N–H and O–H groups in total. The first-order valence-electron chi connectivity index (χ1n) is 9.66. The Hall–Kier alpha value is -3.07. The Morgan fingerprint density at radius 3 is 1.91 bits per heavy atom. The maximum Gasteiger partial charge on any atom is 0.326 e. The minimum Gasteiger partial charge on any atom is -0.481 e. The van der Waals surface area contributed by atoms with Gasteiger partial charge in [0.1, 0.15) is 18.1 Å². The molecule has 0 saturated heterocycles. The van der Waals surface area contributed by atoms with E-state index in [1.54, 1.807) is 0 Å². The Bertz CT molecular complexity index is 713. The van der Waals surface area contributed by atoms with E-state index in [-0.39, 0.29) is 31.1 Å². The smallest absolute Gasteiger partial charge is 0.326 e. The highest BCUT2D eigenvalue weighted by atomic mass is 32.1. The van der Waals surface area contributed by atoms with Crippen LogP contribution in [0.15, 0.2) is 4.99 Å². The van der Waals surface area contributed by atoms with Crippen molar-refractivity contribution in [2.24, 2.45) is 22.2 Å².